The lowest BCUT2D eigenvalue weighted by molar-refractivity contribution is -0.0313. The fourth-order valence-electron chi connectivity index (χ4n) is 2.65. The molecule has 1 heterocycles. The van der Waals surface area contributed by atoms with Gasteiger partial charge in [-0.25, -0.2) is 0 Å². The van der Waals surface area contributed by atoms with E-state index in [0.717, 1.165) is 0 Å². The third-order valence-electron chi connectivity index (χ3n) is 3.72. The van der Waals surface area contributed by atoms with E-state index in [-0.39, 0.29) is 5.60 Å². The fourth-order valence-corrected chi connectivity index (χ4v) is 2.65. The lowest BCUT2D eigenvalue weighted by Crippen LogP contribution is -2.20. The van der Waals surface area contributed by atoms with E-state index in [0.29, 0.717) is 6.61 Å². The van der Waals surface area contributed by atoms with E-state index < -0.39 is 0 Å². The first kappa shape index (κ1) is 11.5. The van der Waals surface area contributed by atoms with Crippen molar-refractivity contribution >= 4 is 0 Å². The Hall–Kier alpha value is -1.60. The van der Waals surface area contributed by atoms with Gasteiger partial charge in [0, 0.05) is 0 Å². The maximum atomic E-state index is 6.08. The highest BCUT2D eigenvalue weighted by molar-refractivity contribution is 5.73. The highest BCUT2D eigenvalue weighted by Gasteiger charge is 2.28. The highest BCUT2D eigenvalue weighted by atomic mass is 16.5. The summed E-state index contributed by atoms with van der Waals surface area (Å²) in [5, 5.41) is 0. The Bertz CT molecular complexity index is 596. The highest BCUT2D eigenvalue weighted by Crippen LogP contribution is 2.40. The summed E-state index contributed by atoms with van der Waals surface area (Å²) in [4.78, 5) is 0. The number of ether oxygens (including phenoxy) is 1. The van der Waals surface area contributed by atoms with Gasteiger partial charge < -0.3 is 4.74 Å². The first-order valence-corrected chi connectivity index (χ1v) is 6.41. The zero-order valence-electron chi connectivity index (χ0n) is 11.2. The molecule has 0 unspecified atom stereocenters. The van der Waals surface area contributed by atoms with Gasteiger partial charge in [-0.15, -0.1) is 0 Å². The normalized spacial score (nSPS) is 16.6. The average molecular weight is 238 g/mol. The van der Waals surface area contributed by atoms with Crippen molar-refractivity contribution in [1.82, 2.24) is 0 Å². The average Bonchev–Trinajstić information content (AvgIpc) is 2.46. The molecule has 0 amide bonds. The Kier molecular flexibility index (Phi) is 2.53. The summed E-state index contributed by atoms with van der Waals surface area (Å²) in [5.41, 5.74) is 6.23. The van der Waals surface area contributed by atoms with Crippen LogP contribution < -0.4 is 0 Å². The standard InChI is InChI=1S/C17H18O/c1-12-8-9-16-15(10-12)14-7-5-4-6-13(14)11-18-17(16,2)3/h4-10H,11H2,1-3H3. The van der Waals surface area contributed by atoms with Crippen molar-refractivity contribution in [2.24, 2.45) is 0 Å². The van der Waals surface area contributed by atoms with E-state index in [1.165, 1.54) is 27.8 Å². The van der Waals surface area contributed by atoms with E-state index in [1.54, 1.807) is 0 Å². The van der Waals surface area contributed by atoms with Crippen LogP contribution in [0.5, 0.6) is 0 Å². The summed E-state index contributed by atoms with van der Waals surface area (Å²) in [6.45, 7) is 7.11. The maximum Gasteiger partial charge on any atom is 0.0885 e. The lowest BCUT2D eigenvalue weighted by atomic mass is 9.88. The molecule has 0 fully saturated rings. The molecular formula is C17H18O. The van der Waals surface area contributed by atoms with Crippen LogP contribution in [0, 0.1) is 6.92 Å². The minimum absolute atomic E-state index is 0.234. The van der Waals surface area contributed by atoms with Crippen molar-refractivity contribution in [3.8, 4) is 11.1 Å². The van der Waals surface area contributed by atoms with Crippen LogP contribution in [-0.2, 0) is 16.9 Å². The smallest absolute Gasteiger partial charge is 0.0885 e. The van der Waals surface area contributed by atoms with Crippen LogP contribution in [0.2, 0.25) is 0 Å². The van der Waals surface area contributed by atoms with Crippen molar-refractivity contribution < 1.29 is 4.74 Å². The van der Waals surface area contributed by atoms with Crippen molar-refractivity contribution in [3.05, 3.63) is 59.2 Å². The quantitative estimate of drug-likeness (QED) is 0.660. The van der Waals surface area contributed by atoms with Crippen LogP contribution in [0.4, 0.5) is 0 Å². The largest absolute Gasteiger partial charge is 0.366 e. The second-order valence-corrected chi connectivity index (χ2v) is 5.51. The number of hydrogen-bond donors (Lipinski definition) is 0. The van der Waals surface area contributed by atoms with Crippen LogP contribution in [0.25, 0.3) is 11.1 Å². The Morgan fingerprint density at radius 2 is 1.78 bits per heavy atom. The summed E-state index contributed by atoms with van der Waals surface area (Å²) in [6, 6.07) is 15.2. The number of rotatable bonds is 0. The molecule has 1 aliphatic rings. The second-order valence-electron chi connectivity index (χ2n) is 5.51. The molecule has 0 spiro atoms. The van der Waals surface area contributed by atoms with E-state index >= 15 is 0 Å². The fraction of sp³-hybridized carbons (Fsp3) is 0.294. The predicted octanol–water partition coefficient (Wildman–Crippen LogP) is 4.43. The number of fused-ring (bicyclic) bond motifs is 3. The Morgan fingerprint density at radius 3 is 2.61 bits per heavy atom. The third-order valence-corrected chi connectivity index (χ3v) is 3.72. The summed E-state index contributed by atoms with van der Waals surface area (Å²) in [7, 11) is 0. The summed E-state index contributed by atoms with van der Waals surface area (Å²) >= 11 is 0. The summed E-state index contributed by atoms with van der Waals surface area (Å²) < 4.78 is 6.08. The molecule has 1 heteroatoms. The van der Waals surface area contributed by atoms with Gasteiger partial charge in [0.25, 0.3) is 0 Å². The SMILES string of the molecule is Cc1ccc2c(c1)-c1ccccc1COC2(C)C. The molecule has 0 radical (unpaired) electrons. The van der Waals surface area contributed by atoms with Gasteiger partial charge in [0.05, 0.1) is 12.2 Å². The monoisotopic (exact) mass is 238 g/mol. The molecule has 2 aromatic rings. The molecule has 0 bridgehead atoms. The first-order chi connectivity index (χ1) is 8.58. The molecule has 92 valence electrons. The molecule has 1 aliphatic heterocycles. The minimum Gasteiger partial charge on any atom is -0.366 e. The molecule has 0 aromatic heterocycles. The number of benzene rings is 2. The van der Waals surface area contributed by atoms with E-state index in [9.17, 15) is 0 Å². The van der Waals surface area contributed by atoms with E-state index in [4.69, 9.17) is 4.74 Å². The number of hydrogen-bond acceptors (Lipinski definition) is 1. The zero-order valence-corrected chi connectivity index (χ0v) is 11.2. The Balaban J connectivity index is 2.33. The minimum atomic E-state index is -0.234. The van der Waals surface area contributed by atoms with Crippen molar-refractivity contribution in [3.63, 3.8) is 0 Å². The second kappa shape index (κ2) is 3.96. The molecule has 1 nitrogen and oxygen atoms in total. The maximum absolute atomic E-state index is 6.08. The van der Waals surface area contributed by atoms with Gasteiger partial charge >= 0.3 is 0 Å². The van der Waals surface area contributed by atoms with Crippen LogP contribution in [0.15, 0.2) is 42.5 Å². The number of aryl methyl sites for hydroxylation is 1. The first-order valence-electron chi connectivity index (χ1n) is 6.41. The van der Waals surface area contributed by atoms with Gasteiger partial charge in [-0.2, -0.15) is 0 Å². The van der Waals surface area contributed by atoms with Gasteiger partial charge in [0.2, 0.25) is 0 Å². The van der Waals surface area contributed by atoms with Gasteiger partial charge in [0.15, 0.2) is 0 Å². The van der Waals surface area contributed by atoms with E-state index in [1.807, 2.05) is 0 Å². The van der Waals surface area contributed by atoms with Crippen molar-refractivity contribution in [1.29, 1.82) is 0 Å². The molecule has 0 saturated heterocycles. The van der Waals surface area contributed by atoms with Gasteiger partial charge in [0.1, 0.15) is 0 Å². The van der Waals surface area contributed by atoms with Crippen molar-refractivity contribution in [2.75, 3.05) is 0 Å². The Labute approximate surface area is 108 Å². The van der Waals surface area contributed by atoms with E-state index in [2.05, 4.69) is 63.2 Å². The predicted molar refractivity (Wildman–Crippen MR) is 74.4 cm³/mol. The van der Waals surface area contributed by atoms with Crippen molar-refractivity contribution in [2.45, 2.75) is 33.0 Å². The lowest BCUT2D eigenvalue weighted by Gasteiger charge is -2.25. The van der Waals surface area contributed by atoms with Crippen LogP contribution in [0.3, 0.4) is 0 Å². The molecule has 0 saturated carbocycles. The third kappa shape index (κ3) is 1.75. The molecular weight excluding hydrogens is 220 g/mol. The van der Waals surface area contributed by atoms with Gasteiger partial charge in [-0.05, 0) is 43.0 Å². The molecule has 3 rings (SSSR count). The summed E-state index contributed by atoms with van der Waals surface area (Å²) in [5.74, 6) is 0. The summed E-state index contributed by atoms with van der Waals surface area (Å²) in [6.07, 6.45) is 0. The molecule has 0 atom stereocenters. The molecule has 2 aromatic carbocycles. The topological polar surface area (TPSA) is 9.23 Å². The van der Waals surface area contributed by atoms with Gasteiger partial charge in [-0.3, -0.25) is 0 Å². The molecule has 0 N–H and O–H groups in total. The van der Waals surface area contributed by atoms with Crippen LogP contribution >= 0.6 is 0 Å². The van der Waals surface area contributed by atoms with Crippen LogP contribution in [-0.4, -0.2) is 0 Å². The molecule has 0 aliphatic carbocycles. The molecule has 18 heavy (non-hydrogen) atoms. The van der Waals surface area contributed by atoms with Gasteiger partial charge in [-0.1, -0.05) is 48.0 Å². The zero-order chi connectivity index (χ0) is 12.8. The Morgan fingerprint density at radius 1 is 1.00 bits per heavy atom. The van der Waals surface area contributed by atoms with Crippen LogP contribution in [0.1, 0.15) is 30.5 Å².